The Morgan fingerprint density at radius 3 is 2.18 bits per heavy atom. The Bertz CT molecular complexity index is 1070. The number of hydrogen-bond acceptors (Lipinski definition) is 2. The third kappa shape index (κ3) is 11.5. The molecule has 2 saturated carbocycles. The summed E-state index contributed by atoms with van der Waals surface area (Å²) in [6.07, 6.45) is 28.6. The maximum atomic E-state index is 12.3. The first-order chi connectivity index (χ1) is 21.6. The van der Waals surface area contributed by atoms with E-state index in [1.165, 1.54) is 94.6 Å². The molecule has 2 aliphatic carbocycles. The molecular formula is C41H61NO2. The largest absolute Gasteiger partial charge is 0.481 e. The fourth-order valence-electron chi connectivity index (χ4n) is 8.65. The van der Waals surface area contributed by atoms with Crippen molar-refractivity contribution in [2.24, 2.45) is 29.4 Å². The minimum Gasteiger partial charge on any atom is -0.481 e. The second-order valence-electron chi connectivity index (χ2n) is 14.4. The third-order valence-corrected chi connectivity index (χ3v) is 11.2. The first-order valence-electron chi connectivity index (χ1n) is 18.2. The first kappa shape index (κ1) is 34.5. The number of carboxylic acid groups (broad SMARTS) is 1. The second kappa shape index (κ2) is 19.2. The fourth-order valence-corrected chi connectivity index (χ4v) is 8.65. The van der Waals surface area contributed by atoms with E-state index in [2.05, 4.69) is 72.8 Å². The lowest BCUT2D eigenvalue weighted by Gasteiger charge is -2.42. The van der Waals surface area contributed by atoms with Gasteiger partial charge in [0.15, 0.2) is 0 Å². The molecular weight excluding hydrogens is 538 g/mol. The van der Waals surface area contributed by atoms with E-state index in [1.54, 1.807) is 0 Å². The standard InChI is InChI=1S/C41H61NO2/c42-31-28-37(38(32-40(43)44)33-41(29-14-5-15-30-41)39-22-12-4-13-23-39)27-26-36(25-24-35-19-9-3-10-20-35)21-11-2-8-18-34-16-6-1-7-17-34/h2-4,9-13,19-20,22-23,34,36-38H,1,5-8,14-18,21,24-33,42H2,(H,43,44). The normalized spacial score (nSPS) is 19.5. The Kier molecular flexibility index (Phi) is 15.0. The van der Waals surface area contributed by atoms with Gasteiger partial charge in [-0.25, -0.2) is 0 Å². The summed E-state index contributed by atoms with van der Waals surface area (Å²) in [7, 11) is 0. The molecule has 0 saturated heterocycles. The van der Waals surface area contributed by atoms with Crippen LogP contribution in [0, 0.1) is 23.7 Å². The van der Waals surface area contributed by atoms with Crippen molar-refractivity contribution in [3.8, 4) is 0 Å². The van der Waals surface area contributed by atoms with Crippen LogP contribution in [-0.4, -0.2) is 17.6 Å². The van der Waals surface area contributed by atoms with Gasteiger partial charge in [0, 0.05) is 6.42 Å². The third-order valence-electron chi connectivity index (χ3n) is 11.2. The van der Waals surface area contributed by atoms with Gasteiger partial charge in [-0.1, -0.05) is 124 Å². The molecule has 2 aromatic rings. The van der Waals surface area contributed by atoms with Gasteiger partial charge in [0.1, 0.15) is 0 Å². The summed E-state index contributed by atoms with van der Waals surface area (Å²) in [5, 5.41) is 10.1. The van der Waals surface area contributed by atoms with Crippen LogP contribution in [0.15, 0.2) is 72.8 Å². The van der Waals surface area contributed by atoms with Crippen molar-refractivity contribution in [1.82, 2.24) is 0 Å². The molecule has 2 aliphatic rings. The van der Waals surface area contributed by atoms with Gasteiger partial charge >= 0.3 is 5.97 Å². The van der Waals surface area contributed by atoms with Crippen molar-refractivity contribution in [3.05, 3.63) is 83.9 Å². The zero-order chi connectivity index (χ0) is 30.9. The van der Waals surface area contributed by atoms with Crippen LogP contribution in [0.25, 0.3) is 0 Å². The van der Waals surface area contributed by atoms with E-state index < -0.39 is 5.97 Å². The summed E-state index contributed by atoms with van der Waals surface area (Å²) in [6, 6.07) is 21.9. The number of carboxylic acids is 1. The highest BCUT2D eigenvalue weighted by molar-refractivity contribution is 5.67. The van der Waals surface area contributed by atoms with E-state index in [1.807, 2.05) is 0 Å². The van der Waals surface area contributed by atoms with E-state index >= 15 is 0 Å². The van der Waals surface area contributed by atoms with Gasteiger partial charge in [-0.3, -0.25) is 4.79 Å². The number of carbonyl (C=O) groups is 1. The topological polar surface area (TPSA) is 63.3 Å². The lowest BCUT2D eigenvalue weighted by molar-refractivity contribution is -0.138. The summed E-state index contributed by atoms with van der Waals surface area (Å²) in [4.78, 5) is 12.3. The van der Waals surface area contributed by atoms with Crippen LogP contribution in [0.2, 0.25) is 0 Å². The minimum atomic E-state index is -0.655. The van der Waals surface area contributed by atoms with Crippen molar-refractivity contribution >= 4 is 5.97 Å². The number of aryl methyl sites for hydroxylation is 1. The summed E-state index contributed by atoms with van der Waals surface area (Å²) in [5.74, 6) is 1.42. The molecule has 0 aromatic heterocycles. The average molecular weight is 600 g/mol. The monoisotopic (exact) mass is 599 g/mol. The van der Waals surface area contributed by atoms with Crippen LogP contribution in [0.3, 0.4) is 0 Å². The van der Waals surface area contributed by atoms with E-state index in [4.69, 9.17) is 5.73 Å². The molecule has 44 heavy (non-hydrogen) atoms. The van der Waals surface area contributed by atoms with E-state index in [9.17, 15) is 9.90 Å². The number of aliphatic carboxylic acids is 1. The van der Waals surface area contributed by atoms with E-state index in [0.29, 0.717) is 18.4 Å². The maximum absolute atomic E-state index is 12.3. The van der Waals surface area contributed by atoms with Crippen LogP contribution in [-0.2, 0) is 16.6 Å². The Hall–Kier alpha value is -2.39. The van der Waals surface area contributed by atoms with Crippen molar-refractivity contribution in [2.45, 2.75) is 134 Å². The number of benzene rings is 2. The van der Waals surface area contributed by atoms with Crippen LogP contribution in [0.5, 0.6) is 0 Å². The average Bonchev–Trinajstić information content (AvgIpc) is 3.06. The van der Waals surface area contributed by atoms with Gasteiger partial charge < -0.3 is 10.8 Å². The Morgan fingerprint density at radius 2 is 1.50 bits per heavy atom. The minimum absolute atomic E-state index is 0.0975. The molecule has 242 valence electrons. The Balaban J connectivity index is 1.43. The van der Waals surface area contributed by atoms with E-state index in [-0.39, 0.29) is 17.8 Å². The highest BCUT2D eigenvalue weighted by atomic mass is 16.4. The fraction of sp³-hybridized carbons (Fsp3) is 0.634. The Labute approximate surface area is 269 Å². The van der Waals surface area contributed by atoms with Crippen molar-refractivity contribution in [1.29, 1.82) is 0 Å². The summed E-state index contributed by atoms with van der Waals surface area (Å²) >= 11 is 0. The van der Waals surface area contributed by atoms with Gasteiger partial charge in [-0.2, -0.15) is 0 Å². The molecule has 3 heteroatoms. The predicted molar refractivity (Wildman–Crippen MR) is 186 cm³/mol. The molecule has 0 radical (unpaired) electrons. The van der Waals surface area contributed by atoms with Crippen molar-refractivity contribution in [2.75, 3.05) is 6.54 Å². The molecule has 0 aliphatic heterocycles. The molecule has 3 N–H and O–H groups in total. The molecule has 3 nitrogen and oxygen atoms in total. The van der Waals surface area contributed by atoms with Gasteiger partial charge in [0.2, 0.25) is 0 Å². The van der Waals surface area contributed by atoms with Crippen LogP contribution >= 0.6 is 0 Å². The van der Waals surface area contributed by atoms with Gasteiger partial charge in [0.25, 0.3) is 0 Å². The van der Waals surface area contributed by atoms with Crippen LogP contribution in [0.1, 0.15) is 133 Å². The van der Waals surface area contributed by atoms with Gasteiger partial charge in [0.05, 0.1) is 0 Å². The quantitative estimate of drug-likeness (QED) is 0.158. The Morgan fingerprint density at radius 1 is 0.818 bits per heavy atom. The lowest BCUT2D eigenvalue weighted by atomic mass is 9.62. The summed E-state index contributed by atoms with van der Waals surface area (Å²) in [6.45, 7) is 0.634. The van der Waals surface area contributed by atoms with E-state index in [0.717, 1.165) is 44.4 Å². The van der Waals surface area contributed by atoms with Crippen molar-refractivity contribution in [3.63, 3.8) is 0 Å². The molecule has 4 rings (SSSR count). The van der Waals surface area contributed by atoms with Gasteiger partial charge in [-0.05, 0) is 117 Å². The van der Waals surface area contributed by atoms with Crippen LogP contribution in [0.4, 0.5) is 0 Å². The SMILES string of the molecule is NCCC(CCC(CC=CCCC1CCCCC1)CCc1ccccc1)C(CC(=O)O)CC1(c2ccccc2)CCCCC1. The van der Waals surface area contributed by atoms with Gasteiger partial charge in [-0.15, -0.1) is 0 Å². The maximum Gasteiger partial charge on any atom is 0.303 e. The zero-order valence-electron chi connectivity index (χ0n) is 27.5. The number of nitrogens with two attached hydrogens (primary N) is 1. The highest BCUT2D eigenvalue weighted by Gasteiger charge is 2.38. The predicted octanol–water partition coefficient (Wildman–Crippen LogP) is 10.7. The smallest absolute Gasteiger partial charge is 0.303 e. The zero-order valence-corrected chi connectivity index (χ0v) is 27.5. The summed E-state index contributed by atoms with van der Waals surface area (Å²) < 4.78 is 0. The molecule has 0 bridgehead atoms. The lowest BCUT2D eigenvalue weighted by Crippen LogP contribution is -2.35. The highest BCUT2D eigenvalue weighted by Crippen LogP contribution is 2.47. The number of allylic oxidation sites excluding steroid dienone is 2. The number of rotatable bonds is 19. The molecule has 0 spiro atoms. The first-order valence-corrected chi connectivity index (χ1v) is 18.2. The molecule has 2 aromatic carbocycles. The van der Waals surface area contributed by atoms with Crippen molar-refractivity contribution < 1.29 is 9.90 Å². The van der Waals surface area contributed by atoms with Crippen LogP contribution < -0.4 is 5.73 Å². The molecule has 3 unspecified atom stereocenters. The molecule has 3 atom stereocenters. The summed E-state index contributed by atoms with van der Waals surface area (Å²) in [5.41, 5.74) is 9.17. The number of hydrogen-bond donors (Lipinski definition) is 2. The molecule has 0 amide bonds. The second-order valence-corrected chi connectivity index (χ2v) is 14.4. The molecule has 2 fully saturated rings. The molecule has 0 heterocycles.